The lowest BCUT2D eigenvalue weighted by Gasteiger charge is -2.10. The molecule has 1 aromatic rings. The van der Waals surface area contributed by atoms with Crippen LogP contribution in [-0.2, 0) is 11.2 Å². The highest BCUT2D eigenvalue weighted by molar-refractivity contribution is 5.71. The van der Waals surface area contributed by atoms with Crippen molar-refractivity contribution in [2.24, 2.45) is 0 Å². The summed E-state index contributed by atoms with van der Waals surface area (Å²) in [5.74, 6) is 1.15. The van der Waals surface area contributed by atoms with E-state index in [1.54, 1.807) is 0 Å². The largest absolute Gasteiger partial charge is 0.478 e. The number of amides is 1. The summed E-state index contributed by atoms with van der Waals surface area (Å²) in [5, 5.41) is 5.70. The van der Waals surface area contributed by atoms with E-state index in [1.807, 2.05) is 19.2 Å². The van der Waals surface area contributed by atoms with E-state index in [2.05, 4.69) is 22.5 Å². The monoisotopic (exact) mass is 265 g/mol. The molecule has 0 aliphatic rings. The van der Waals surface area contributed by atoms with Crippen molar-refractivity contribution in [1.82, 2.24) is 10.3 Å². The average Bonchev–Trinajstić information content (AvgIpc) is 2.43. The summed E-state index contributed by atoms with van der Waals surface area (Å²) in [5.41, 5.74) is 1.00. The Morgan fingerprint density at radius 2 is 2.21 bits per heavy atom. The van der Waals surface area contributed by atoms with E-state index < -0.39 is 0 Å². The van der Waals surface area contributed by atoms with Crippen molar-refractivity contribution in [2.45, 2.75) is 32.6 Å². The van der Waals surface area contributed by atoms with Crippen molar-refractivity contribution in [3.05, 3.63) is 17.7 Å². The minimum absolute atomic E-state index is 0.564. The molecule has 0 radical (unpaired) electrons. The Kier molecular flexibility index (Phi) is 7.58. The highest BCUT2D eigenvalue weighted by atomic mass is 16.5. The van der Waals surface area contributed by atoms with Gasteiger partial charge in [-0.1, -0.05) is 19.8 Å². The van der Waals surface area contributed by atoms with Crippen LogP contribution in [0.5, 0.6) is 5.88 Å². The van der Waals surface area contributed by atoms with E-state index in [1.165, 1.54) is 0 Å². The van der Waals surface area contributed by atoms with Crippen molar-refractivity contribution >= 4 is 12.2 Å². The number of aromatic nitrogens is 1. The number of ether oxygens (including phenoxy) is 1. The second-order valence-corrected chi connectivity index (χ2v) is 4.33. The fourth-order valence-electron chi connectivity index (χ4n) is 1.72. The molecule has 0 atom stereocenters. The van der Waals surface area contributed by atoms with Gasteiger partial charge in [0.15, 0.2) is 0 Å². The molecule has 0 unspecified atom stereocenters. The Labute approximate surface area is 114 Å². The van der Waals surface area contributed by atoms with Crippen LogP contribution in [-0.4, -0.2) is 31.6 Å². The zero-order valence-electron chi connectivity index (χ0n) is 11.7. The van der Waals surface area contributed by atoms with Gasteiger partial charge in [-0.15, -0.1) is 0 Å². The maximum Gasteiger partial charge on any atom is 0.215 e. The molecule has 19 heavy (non-hydrogen) atoms. The third kappa shape index (κ3) is 5.70. The Hall–Kier alpha value is -1.62. The predicted octanol–water partition coefficient (Wildman–Crippen LogP) is 1.98. The molecular formula is C14H23N3O2. The molecule has 1 rings (SSSR count). The van der Waals surface area contributed by atoms with Gasteiger partial charge in [-0.2, -0.15) is 4.98 Å². The van der Waals surface area contributed by atoms with Gasteiger partial charge in [0.05, 0.1) is 6.61 Å². The van der Waals surface area contributed by atoms with Gasteiger partial charge in [-0.05, 0) is 38.1 Å². The number of nitrogens with zero attached hydrogens (tertiary/aromatic N) is 1. The maximum atomic E-state index is 10.6. The number of unbranched alkanes of at least 4 members (excludes halogenated alkanes) is 2. The van der Waals surface area contributed by atoms with Crippen LogP contribution < -0.4 is 15.4 Å². The lowest BCUT2D eigenvalue weighted by molar-refractivity contribution is -0.105. The molecule has 1 heterocycles. The number of nitrogens with one attached hydrogen (secondary N) is 2. The third-order valence-corrected chi connectivity index (χ3v) is 2.79. The number of carbonyl (C=O) groups excluding carboxylic acids is 1. The number of hydrogen-bond donors (Lipinski definition) is 2. The van der Waals surface area contributed by atoms with E-state index >= 15 is 0 Å². The standard InChI is InChI=1S/C14H23N3O2/c1-3-4-5-10-19-13-7-6-12(8-9-15-2)14(17-13)16-11-18/h6-7,11,15H,3-5,8-10H2,1-2H3,(H,16,17,18). The van der Waals surface area contributed by atoms with Crippen molar-refractivity contribution in [1.29, 1.82) is 0 Å². The van der Waals surface area contributed by atoms with Crippen LogP contribution >= 0.6 is 0 Å². The molecule has 0 bridgehead atoms. The van der Waals surface area contributed by atoms with Crippen molar-refractivity contribution < 1.29 is 9.53 Å². The van der Waals surface area contributed by atoms with Gasteiger partial charge in [0.25, 0.3) is 0 Å². The molecule has 0 aliphatic carbocycles. The number of likely N-dealkylation sites (N-methyl/N-ethyl adjacent to an activating group) is 1. The molecular weight excluding hydrogens is 242 g/mol. The minimum Gasteiger partial charge on any atom is -0.478 e. The summed E-state index contributed by atoms with van der Waals surface area (Å²) in [6.45, 7) is 3.66. The van der Waals surface area contributed by atoms with Crippen LogP contribution in [0.1, 0.15) is 31.7 Å². The van der Waals surface area contributed by atoms with Crippen molar-refractivity contribution in [3.63, 3.8) is 0 Å². The number of carbonyl (C=O) groups is 1. The first-order valence-electron chi connectivity index (χ1n) is 6.79. The maximum absolute atomic E-state index is 10.6. The van der Waals surface area contributed by atoms with Gasteiger partial charge in [0.1, 0.15) is 5.82 Å². The molecule has 0 spiro atoms. The lowest BCUT2D eigenvalue weighted by atomic mass is 10.2. The molecule has 2 N–H and O–H groups in total. The predicted molar refractivity (Wildman–Crippen MR) is 76.6 cm³/mol. The average molecular weight is 265 g/mol. The first-order chi connectivity index (χ1) is 9.31. The summed E-state index contributed by atoms with van der Waals surface area (Å²) >= 11 is 0. The third-order valence-electron chi connectivity index (χ3n) is 2.79. The first-order valence-corrected chi connectivity index (χ1v) is 6.79. The second-order valence-electron chi connectivity index (χ2n) is 4.33. The molecule has 5 nitrogen and oxygen atoms in total. The van der Waals surface area contributed by atoms with Crippen LogP contribution in [0.4, 0.5) is 5.82 Å². The van der Waals surface area contributed by atoms with E-state index in [0.29, 0.717) is 24.7 Å². The fourth-order valence-corrected chi connectivity index (χ4v) is 1.72. The van der Waals surface area contributed by atoms with Crippen LogP contribution in [0.25, 0.3) is 0 Å². The highest BCUT2D eigenvalue weighted by Crippen LogP contribution is 2.18. The van der Waals surface area contributed by atoms with Crippen LogP contribution in [0.15, 0.2) is 12.1 Å². The summed E-state index contributed by atoms with van der Waals surface area (Å²) in [6, 6.07) is 3.80. The summed E-state index contributed by atoms with van der Waals surface area (Å²) in [6.07, 6.45) is 4.80. The van der Waals surface area contributed by atoms with Crippen LogP contribution in [0.2, 0.25) is 0 Å². The van der Waals surface area contributed by atoms with Crippen molar-refractivity contribution in [3.8, 4) is 5.88 Å². The molecule has 5 heteroatoms. The first kappa shape index (κ1) is 15.4. The van der Waals surface area contributed by atoms with Gasteiger partial charge >= 0.3 is 0 Å². The fraction of sp³-hybridized carbons (Fsp3) is 0.571. The zero-order valence-corrected chi connectivity index (χ0v) is 11.7. The summed E-state index contributed by atoms with van der Waals surface area (Å²) in [4.78, 5) is 14.9. The van der Waals surface area contributed by atoms with Gasteiger partial charge < -0.3 is 15.4 Å². The molecule has 0 aromatic carbocycles. The van der Waals surface area contributed by atoms with Crippen molar-refractivity contribution in [2.75, 3.05) is 25.5 Å². The number of pyridine rings is 1. The molecule has 1 amide bonds. The Morgan fingerprint density at radius 3 is 2.89 bits per heavy atom. The second kappa shape index (κ2) is 9.33. The van der Waals surface area contributed by atoms with Gasteiger partial charge in [-0.25, -0.2) is 0 Å². The van der Waals surface area contributed by atoms with E-state index in [-0.39, 0.29) is 0 Å². The lowest BCUT2D eigenvalue weighted by Crippen LogP contribution is -2.12. The normalized spacial score (nSPS) is 10.2. The van der Waals surface area contributed by atoms with Gasteiger partial charge in [0.2, 0.25) is 12.3 Å². The zero-order chi connectivity index (χ0) is 13.9. The Bertz CT molecular complexity index is 383. The number of anilines is 1. The van der Waals surface area contributed by atoms with Gasteiger partial charge in [-0.3, -0.25) is 4.79 Å². The van der Waals surface area contributed by atoms with Crippen LogP contribution in [0.3, 0.4) is 0 Å². The minimum atomic E-state index is 0.564. The van der Waals surface area contributed by atoms with E-state index in [0.717, 1.165) is 37.8 Å². The summed E-state index contributed by atoms with van der Waals surface area (Å²) < 4.78 is 5.57. The molecule has 1 aromatic heterocycles. The topological polar surface area (TPSA) is 63.2 Å². The Balaban J connectivity index is 2.63. The molecule has 0 aliphatic heterocycles. The van der Waals surface area contributed by atoms with Gasteiger partial charge in [0, 0.05) is 6.07 Å². The van der Waals surface area contributed by atoms with Crippen LogP contribution in [0, 0.1) is 0 Å². The smallest absolute Gasteiger partial charge is 0.215 e. The Morgan fingerprint density at radius 1 is 1.37 bits per heavy atom. The molecule has 106 valence electrons. The quantitative estimate of drug-likeness (QED) is 0.501. The van der Waals surface area contributed by atoms with E-state index in [4.69, 9.17) is 4.74 Å². The highest BCUT2D eigenvalue weighted by Gasteiger charge is 2.06. The molecule has 0 fully saturated rings. The number of rotatable bonds is 10. The van der Waals surface area contributed by atoms with E-state index in [9.17, 15) is 4.79 Å². The number of hydrogen-bond acceptors (Lipinski definition) is 4. The molecule has 0 saturated carbocycles. The molecule has 0 saturated heterocycles. The SMILES string of the molecule is CCCCCOc1ccc(CCNC)c(NC=O)n1. The summed E-state index contributed by atoms with van der Waals surface area (Å²) in [7, 11) is 1.89.